The number of unbranched alkanes of at least 4 members (excludes halogenated alkanes) is 1. The number of nitrogens with one attached hydrogen (secondary N) is 1. The number of rotatable bonds is 22. The number of para-hydroxylation sites is 1. The summed E-state index contributed by atoms with van der Waals surface area (Å²) in [7, 11) is 0. The van der Waals surface area contributed by atoms with Gasteiger partial charge in [-0.2, -0.15) is 0 Å². The number of amides is 2. The number of aromatic nitrogens is 1. The zero-order valence-electron chi connectivity index (χ0n) is 30.7. The molecule has 0 bridgehead atoms. The van der Waals surface area contributed by atoms with E-state index in [1.54, 1.807) is 16.7 Å². The van der Waals surface area contributed by atoms with Gasteiger partial charge in [0.15, 0.2) is 0 Å². The molecule has 0 spiro atoms. The highest BCUT2D eigenvalue weighted by Crippen LogP contribution is 2.50. The summed E-state index contributed by atoms with van der Waals surface area (Å²) < 4.78 is 6.27. The Kier molecular flexibility index (Phi) is 14.3. The fraction of sp³-hybridized carbons (Fsp3) is 0.537. The molecule has 1 aliphatic heterocycles. The van der Waals surface area contributed by atoms with E-state index >= 15 is 0 Å². The molecule has 6 rings (SSSR count). The van der Waals surface area contributed by atoms with Gasteiger partial charge in [0.1, 0.15) is 18.0 Å². The van der Waals surface area contributed by atoms with Gasteiger partial charge >= 0.3 is 0 Å². The number of hydrogen-bond acceptors (Lipinski definition) is 10. The molecule has 2 aromatic carbocycles. The maximum atomic E-state index is 13.2. The van der Waals surface area contributed by atoms with Crippen LogP contribution in [0.25, 0.3) is 11.1 Å². The van der Waals surface area contributed by atoms with Crippen LogP contribution in [-0.4, -0.2) is 110 Å². The van der Waals surface area contributed by atoms with Gasteiger partial charge in [0, 0.05) is 72.6 Å². The van der Waals surface area contributed by atoms with E-state index in [9.17, 15) is 24.9 Å². The van der Waals surface area contributed by atoms with Crippen molar-refractivity contribution in [3.8, 4) is 16.9 Å². The molecule has 2 aliphatic carbocycles. The molecule has 11 nitrogen and oxygen atoms in total. The second kappa shape index (κ2) is 19.1. The molecule has 0 radical (unpaired) electrons. The van der Waals surface area contributed by atoms with E-state index in [1.807, 2.05) is 35.5 Å². The second-order valence-electron chi connectivity index (χ2n) is 14.7. The van der Waals surface area contributed by atoms with Crippen LogP contribution in [0, 0.1) is 0 Å². The van der Waals surface area contributed by atoms with Crippen LogP contribution in [0.3, 0.4) is 0 Å². The standard InChI is InChI=1S/C41H53ClN4O7S/c42-34-13-12-30(54-22-4-3-18-46(21-6-20-45-19-5-9-38(45)50)39(51)24-35(48)40(52)36(49)27-47)23-28(34)25-44-41(15-16-41)33-26-43-17-14-31(33)32-7-1-2-8-37(32)53-29-10-11-29/h1-2,7-8,12-14,17,23,26,29,35-36,40,44,47-49,52H,3-6,9-11,15-16,18-22,24-25,27H2. The first-order valence-corrected chi connectivity index (χ1v) is 20.6. The number of nitrogens with zero attached hydrogens (tertiary/aromatic N) is 3. The number of thioether (sulfide) groups is 1. The molecular weight excluding hydrogens is 728 g/mol. The molecule has 2 heterocycles. The Labute approximate surface area is 327 Å². The van der Waals surface area contributed by atoms with Crippen LogP contribution >= 0.6 is 23.4 Å². The average Bonchev–Trinajstić information content (AvgIpc) is 4.12. The number of carbonyl (C=O) groups is 2. The van der Waals surface area contributed by atoms with Gasteiger partial charge in [-0.25, -0.2) is 0 Å². The summed E-state index contributed by atoms with van der Waals surface area (Å²) in [5.74, 6) is 1.53. The van der Waals surface area contributed by atoms with Crippen LogP contribution in [0.1, 0.15) is 75.3 Å². The predicted octanol–water partition coefficient (Wildman–Crippen LogP) is 4.90. The summed E-state index contributed by atoms with van der Waals surface area (Å²) in [6.45, 7) is 2.06. The van der Waals surface area contributed by atoms with Crippen molar-refractivity contribution in [2.24, 2.45) is 0 Å². The van der Waals surface area contributed by atoms with E-state index in [-0.39, 0.29) is 23.8 Å². The third-order valence-electron chi connectivity index (χ3n) is 10.5. The van der Waals surface area contributed by atoms with Crippen molar-refractivity contribution < 1.29 is 34.8 Å². The minimum absolute atomic E-state index is 0.133. The first-order valence-electron chi connectivity index (χ1n) is 19.2. The van der Waals surface area contributed by atoms with Crippen molar-refractivity contribution in [2.45, 2.75) is 106 Å². The molecular formula is C41H53ClN4O7S. The molecule has 3 aliphatic rings. The number of likely N-dealkylation sites (tertiary alicyclic amines) is 1. The lowest BCUT2D eigenvalue weighted by Gasteiger charge is -2.27. The van der Waals surface area contributed by atoms with Crippen LogP contribution in [0.15, 0.2) is 65.8 Å². The average molecular weight is 781 g/mol. The second-order valence-corrected chi connectivity index (χ2v) is 16.3. The number of pyridine rings is 1. The Hall–Kier alpha value is -3.23. The summed E-state index contributed by atoms with van der Waals surface area (Å²) in [6.07, 6.45) is 6.88. The Morgan fingerprint density at radius 1 is 1.06 bits per heavy atom. The first-order chi connectivity index (χ1) is 26.2. The molecule has 3 unspecified atom stereocenters. The maximum absolute atomic E-state index is 13.2. The SMILES string of the molecule is O=C1CCCN1CCCN(CCCCSc1ccc(Cl)c(CNC2(c3cnccc3-c3ccccc3OC3CC3)CC2)c1)C(=O)CC(O)C(O)C(O)CO. The zero-order valence-corrected chi connectivity index (χ0v) is 32.3. The van der Waals surface area contributed by atoms with Crippen molar-refractivity contribution in [3.63, 3.8) is 0 Å². The molecule has 2 amide bonds. The Bertz CT molecular complexity index is 1720. The van der Waals surface area contributed by atoms with Gasteiger partial charge in [-0.3, -0.25) is 14.6 Å². The molecule has 3 fully saturated rings. The summed E-state index contributed by atoms with van der Waals surface area (Å²) in [5, 5.41) is 43.8. The topological polar surface area (TPSA) is 156 Å². The lowest BCUT2D eigenvalue weighted by atomic mass is 9.94. The Morgan fingerprint density at radius 3 is 2.59 bits per heavy atom. The largest absolute Gasteiger partial charge is 0.490 e. The molecule has 1 aromatic heterocycles. The molecule has 54 heavy (non-hydrogen) atoms. The monoisotopic (exact) mass is 780 g/mol. The summed E-state index contributed by atoms with van der Waals surface area (Å²) in [4.78, 5) is 34.4. The van der Waals surface area contributed by atoms with Gasteiger partial charge in [0.2, 0.25) is 11.8 Å². The number of aliphatic hydroxyl groups is 4. The van der Waals surface area contributed by atoms with Gasteiger partial charge < -0.3 is 40.3 Å². The third kappa shape index (κ3) is 10.7. The normalized spacial score (nSPS) is 18.0. The maximum Gasteiger partial charge on any atom is 0.225 e. The lowest BCUT2D eigenvalue weighted by Crippen LogP contribution is -2.43. The quantitative estimate of drug-likeness (QED) is 0.0703. The summed E-state index contributed by atoms with van der Waals surface area (Å²) >= 11 is 8.45. The zero-order chi connectivity index (χ0) is 38.1. The van der Waals surface area contributed by atoms with Crippen molar-refractivity contribution in [3.05, 3.63) is 77.1 Å². The van der Waals surface area contributed by atoms with Gasteiger partial charge in [-0.15, -0.1) is 11.8 Å². The van der Waals surface area contributed by atoms with Crippen LogP contribution in [0.2, 0.25) is 5.02 Å². The van der Waals surface area contributed by atoms with Crippen molar-refractivity contribution >= 4 is 35.2 Å². The fourth-order valence-electron chi connectivity index (χ4n) is 7.02. The molecule has 13 heteroatoms. The third-order valence-corrected chi connectivity index (χ3v) is 12.0. The van der Waals surface area contributed by atoms with E-state index in [1.165, 1.54) is 5.56 Å². The van der Waals surface area contributed by atoms with Gasteiger partial charge in [0.05, 0.1) is 25.2 Å². The van der Waals surface area contributed by atoms with Crippen molar-refractivity contribution in [2.75, 3.05) is 38.5 Å². The molecule has 5 N–H and O–H groups in total. The van der Waals surface area contributed by atoms with Gasteiger partial charge in [-0.1, -0.05) is 29.8 Å². The number of hydrogen-bond donors (Lipinski definition) is 5. The number of halogens is 1. The van der Waals surface area contributed by atoms with Gasteiger partial charge in [-0.05, 0) is 104 Å². The van der Waals surface area contributed by atoms with E-state index in [0.717, 1.165) is 84.6 Å². The predicted molar refractivity (Wildman–Crippen MR) is 209 cm³/mol. The molecule has 1 saturated heterocycles. The number of aliphatic hydroxyl groups excluding tert-OH is 4. The Balaban J connectivity index is 1.01. The summed E-state index contributed by atoms with van der Waals surface area (Å²) in [5.41, 5.74) is 4.23. The minimum Gasteiger partial charge on any atom is -0.490 e. The van der Waals surface area contributed by atoms with E-state index in [2.05, 4.69) is 40.6 Å². The van der Waals surface area contributed by atoms with Crippen LogP contribution in [0.4, 0.5) is 0 Å². The molecule has 2 saturated carbocycles. The number of benzene rings is 2. The van der Waals surface area contributed by atoms with E-state index < -0.39 is 24.9 Å². The number of carbonyl (C=O) groups excluding carboxylic acids is 2. The minimum atomic E-state index is -1.63. The van der Waals surface area contributed by atoms with Crippen LogP contribution < -0.4 is 10.1 Å². The Morgan fingerprint density at radius 2 is 1.85 bits per heavy atom. The van der Waals surface area contributed by atoms with Gasteiger partial charge in [0.25, 0.3) is 0 Å². The smallest absolute Gasteiger partial charge is 0.225 e. The highest BCUT2D eigenvalue weighted by molar-refractivity contribution is 7.99. The van der Waals surface area contributed by atoms with Crippen molar-refractivity contribution in [1.29, 1.82) is 0 Å². The van der Waals surface area contributed by atoms with Crippen LogP contribution in [0.5, 0.6) is 5.75 Å². The lowest BCUT2D eigenvalue weighted by molar-refractivity contribution is -0.138. The first kappa shape index (κ1) is 40.4. The highest BCUT2D eigenvalue weighted by Gasteiger charge is 2.46. The van der Waals surface area contributed by atoms with Crippen LogP contribution in [-0.2, 0) is 21.7 Å². The summed E-state index contributed by atoms with van der Waals surface area (Å²) in [6, 6.07) is 16.5. The molecule has 3 atom stereocenters. The molecule has 292 valence electrons. The molecule has 3 aromatic rings. The highest BCUT2D eigenvalue weighted by atomic mass is 35.5. The number of ether oxygens (including phenoxy) is 1. The van der Waals surface area contributed by atoms with E-state index in [4.69, 9.17) is 21.4 Å². The fourth-order valence-corrected chi connectivity index (χ4v) is 8.18. The van der Waals surface area contributed by atoms with E-state index in [0.29, 0.717) is 50.1 Å². The van der Waals surface area contributed by atoms with Crippen molar-refractivity contribution in [1.82, 2.24) is 20.1 Å².